The zero-order valence-electron chi connectivity index (χ0n) is 17.0. The van der Waals surface area contributed by atoms with Crippen molar-refractivity contribution in [2.75, 3.05) is 28.2 Å². The van der Waals surface area contributed by atoms with E-state index < -0.39 is 43.5 Å². The maximum Gasteiger partial charge on any atom is 0.673 e. The molecule has 0 aromatic rings. The van der Waals surface area contributed by atoms with E-state index in [0.29, 0.717) is 0 Å². The molecule has 0 fully saturated rings. The van der Waals surface area contributed by atoms with E-state index in [2.05, 4.69) is 28.2 Å². The van der Waals surface area contributed by atoms with Gasteiger partial charge in [-0.05, 0) is 0 Å². The second-order valence-corrected chi connectivity index (χ2v) is 5.65. The van der Waals surface area contributed by atoms with Crippen molar-refractivity contribution < 1.29 is 108 Å². The first-order chi connectivity index (χ1) is 14.0. The third kappa shape index (κ3) is 17400. The summed E-state index contributed by atoms with van der Waals surface area (Å²) < 4.78 is 235. The van der Waals surface area contributed by atoms with Crippen LogP contribution in [-0.2, 0) is 0 Å². The van der Waals surface area contributed by atoms with Crippen molar-refractivity contribution in [3.63, 3.8) is 0 Å². The molecule has 0 amide bonds. The highest BCUT2D eigenvalue weighted by molar-refractivity contribution is 6.51. The van der Waals surface area contributed by atoms with Crippen molar-refractivity contribution in [3.05, 3.63) is 0 Å². The van der Waals surface area contributed by atoms with Gasteiger partial charge in [-0.2, -0.15) is 0 Å². The van der Waals surface area contributed by atoms with Gasteiger partial charge in [-0.1, -0.05) is 0 Å². The van der Waals surface area contributed by atoms with Crippen LogP contribution in [0.3, 0.4) is 0 Å². The van der Waals surface area contributed by atoms with Crippen molar-refractivity contribution in [2.24, 2.45) is 0 Å². The van der Waals surface area contributed by atoms with Crippen LogP contribution in [-0.4, -0.2) is 76.2 Å². The topological polar surface area (TPSA) is 0 Å². The summed E-state index contributed by atoms with van der Waals surface area (Å²) in [4.78, 5) is 0. The fourth-order valence-electron chi connectivity index (χ4n) is 0. The molecule has 0 spiro atoms. The molecule has 35 heavy (non-hydrogen) atoms. The number of hydrogen-bond donors (Lipinski definition) is 0. The van der Waals surface area contributed by atoms with Crippen molar-refractivity contribution in [1.82, 2.24) is 0 Å². The van der Waals surface area contributed by atoms with Gasteiger partial charge in [0.15, 0.2) is 0 Å². The lowest BCUT2D eigenvalue weighted by Crippen LogP contribution is -2.27. The molecule has 0 aromatic heterocycles. The number of quaternary nitrogens is 1. The Morgan fingerprint density at radius 1 is 0.229 bits per heavy atom. The predicted molar refractivity (Wildman–Crippen MR) is 85.1 cm³/mol. The van der Waals surface area contributed by atoms with Crippen LogP contribution in [0, 0.1) is 0 Å². The highest BCUT2D eigenvalue weighted by atomic mass is 19.5. The van der Waals surface area contributed by atoms with Crippen LogP contribution >= 0.6 is 0 Å². The van der Waals surface area contributed by atoms with Gasteiger partial charge in [-0.25, -0.2) is 0 Å². The smallest absolute Gasteiger partial charge is 0.418 e. The lowest BCUT2D eigenvalue weighted by atomic mass is 10.3. The molecule has 0 rings (SSSR count). The zero-order valence-corrected chi connectivity index (χ0v) is 17.0. The number of nitrogens with zero attached hydrogens (tertiary/aromatic N) is 1. The molecule has 224 valence electrons. The Morgan fingerprint density at radius 3 is 0.229 bits per heavy atom. The van der Waals surface area contributed by atoms with Crippen molar-refractivity contribution in [3.8, 4) is 0 Å². The average molecular weight is 595 g/mol. The van der Waals surface area contributed by atoms with E-state index >= 15 is 0 Å². The molecule has 0 bridgehead atoms. The highest BCUT2D eigenvalue weighted by Crippen LogP contribution is 2.09. The Balaban J connectivity index is -0.0000000523. The van der Waals surface area contributed by atoms with Gasteiger partial charge in [0.2, 0.25) is 0 Å². The fraction of sp³-hybridized carbons (Fsp3) is 1.00. The first-order valence-corrected chi connectivity index (χ1v) is 7.03. The Bertz CT molecular complexity index is 272. The summed E-state index contributed by atoms with van der Waals surface area (Å²) in [6.07, 6.45) is 0. The van der Waals surface area contributed by atoms with Gasteiger partial charge in [0, 0.05) is 0 Å². The Morgan fingerprint density at radius 2 is 0.229 bits per heavy atom. The molecule has 0 atom stereocenters. The second-order valence-electron chi connectivity index (χ2n) is 5.65. The summed E-state index contributed by atoms with van der Waals surface area (Å²) in [6.45, 7) is 0. The maximum absolute atomic E-state index is 9.75. The van der Waals surface area contributed by atoms with Gasteiger partial charge >= 0.3 is 43.5 Å². The summed E-state index contributed by atoms with van der Waals surface area (Å²) in [5, 5.41) is 0. The van der Waals surface area contributed by atoms with Crippen LogP contribution in [0.25, 0.3) is 0 Å². The van der Waals surface area contributed by atoms with E-state index in [1.807, 2.05) is 0 Å². The highest BCUT2D eigenvalue weighted by Gasteiger charge is 2.22. The monoisotopic (exact) mass is 596 g/mol. The minimum Gasteiger partial charge on any atom is -0.418 e. The van der Waals surface area contributed by atoms with Gasteiger partial charge in [0.1, 0.15) is 0 Å². The standard InChI is InChI=1S/C4H12N.6BF4/c1-5(2,3)4;6*2-1(3,4)5/h1-4H3;;;;;;/q+1;6*-1. The van der Waals surface area contributed by atoms with Gasteiger partial charge in [0.05, 0.1) is 28.2 Å². The van der Waals surface area contributed by atoms with Crippen LogP contribution in [0.2, 0.25) is 0 Å². The lowest BCUT2D eigenvalue weighted by Gasteiger charge is -2.14. The van der Waals surface area contributed by atoms with Crippen LogP contribution < -0.4 is 0 Å². The SMILES string of the molecule is C[N+](C)(C)C.F[B-](F)(F)F.F[B-](F)(F)F.F[B-](F)(F)F.F[B-](F)(F)F.F[B-](F)(F)F.F[B-](F)(F)F. The number of halogens is 24. The summed E-state index contributed by atoms with van der Waals surface area (Å²) in [6, 6.07) is 0. The molecule has 0 saturated heterocycles. The molecule has 0 radical (unpaired) electrons. The van der Waals surface area contributed by atoms with Gasteiger partial charge < -0.3 is 108 Å². The molecule has 0 unspecified atom stereocenters. The molecular formula is C4H12B6F24N-5. The molecule has 0 aliphatic rings. The normalized spacial score (nSPS) is 12.0. The molecule has 0 aliphatic carbocycles. The Hall–Kier alpha value is -1.33. The van der Waals surface area contributed by atoms with Gasteiger partial charge in [0.25, 0.3) is 0 Å². The molecule has 0 aromatic carbocycles. The molecular weight excluding hydrogens is 583 g/mol. The van der Waals surface area contributed by atoms with Crippen LogP contribution in [0.5, 0.6) is 0 Å². The van der Waals surface area contributed by atoms with Crippen LogP contribution in [0.15, 0.2) is 0 Å². The maximum atomic E-state index is 9.75. The predicted octanol–water partition coefficient (Wildman–Crippen LogP) is 8.12. The zero-order chi connectivity index (χ0) is 31.5. The molecule has 0 aliphatic heterocycles. The van der Waals surface area contributed by atoms with E-state index in [9.17, 15) is 104 Å². The molecule has 0 N–H and O–H groups in total. The molecule has 0 heterocycles. The van der Waals surface area contributed by atoms with E-state index in [4.69, 9.17) is 0 Å². The first kappa shape index (κ1) is 50.5. The van der Waals surface area contributed by atoms with E-state index in [1.165, 1.54) is 0 Å². The minimum absolute atomic E-state index is 1.00. The summed E-state index contributed by atoms with van der Waals surface area (Å²) in [7, 11) is -27.5. The third-order valence-electron chi connectivity index (χ3n) is 0. The average Bonchev–Trinajstić information content (AvgIpc) is 2.06. The van der Waals surface area contributed by atoms with Gasteiger partial charge in [-0.3, -0.25) is 0 Å². The largest absolute Gasteiger partial charge is 0.673 e. The van der Waals surface area contributed by atoms with E-state index in [0.717, 1.165) is 4.48 Å². The first-order valence-electron chi connectivity index (χ1n) is 7.03. The molecule has 1 nitrogen and oxygen atoms in total. The number of hydrogen-bond acceptors (Lipinski definition) is 0. The van der Waals surface area contributed by atoms with E-state index in [1.54, 1.807) is 0 Å². The van der Waals surface area contributed by atoms with Crippen LogP contribution in [0.1, 0.15) is 0 Å². The molecule has 31 heteroatoms. The van der Waals surface area contributed by atoms with Crippen molar-refractivity contribution in [1.29, 1.82) is 0 Å². The summed E-state index contributed by atoms with van der Waals surface area (Å²) in [5.74, 6) is 0. The van der Waals surface area contributed by atoms with E-state index in [-0.39, 0.29) is 0 Å². The lowest BCUT2D eigenvalue weighted by molar-refractivity contribution is -0.849. The quantitative estimate of drug-likeness (QED) is 0.151. The summed E-state index contributed by atoms with van der Waals surface area (Å²) >= 11 is 0. The minimum atomic E-state index is -6.00. The third-order valence-corrected chi connectivity index (χ3v) is 0. The Kier molecular flexibility index (Phi) is 28.6. The number of rotatable bonds is 0. The van der Waals surface area contributed by atoms with Crippen LogP contribution in [0.4, 0.5) is 104 Å². The van der Waals surface area contributed by atoms with Gasteiger partial charge in [-0.15, -0.1) is 0 Å². The molecule has 0 saturated carbocycles. The second kappa shape index (κ2) is 19.8. The summed E-state index contributed by atoms with van der Waals surface area (Å²) in [5.41, 5.74) is 0. The van der Waals surface area contributed by atoms with Crippen molar-refractivity contribution in [2.45, 2.75) is 0 Å². The van der Waals surface area contributed by atoms with Crippen molar-refractivity contribution >= 4 is 43.5 Å². The Labute approximate surface area is 181 Å². The fourth-order valence-corrected chi connectivity index (χ4v) is 0.